The first-order valence-electron chi connectivity index (χ1n) is 6.36. The van der Waals surface area contributed by atoms with Gasteiger partial charge in [0.15, 0.2) is 0 Å². The van der Waals surface area contributed by atoms with E-state index in [1.54, 1.807) is 19.4 Å². The second-order valence-corrected chi connectivity index (χ2v) is 4.29. The molecule has 0 unspecified atom stereocenters. The van der Waals surface area contributed by atoms with Crippen LogP contribution in [-0.2, 0) is 4.79 Å². The van der Waals surface area contributed by atoms with Crippen molar-refractivity contribution < 1.29 is 14.6 Å². The summed E-state index contributed by atoms with van der Waals surface area (Å²) in [5.41, 5.74) is 2.60. The summed E-state index contributed by atoms with van der Waals surface area (Å²) in [7, 11) is 1.63. The minimum Gasteiger partial charge on any atom is -0.497 e. The third kappa shape index (κ3) is 5.69. The molecule has 0 radical (unpaired) electrons. The maximum absolute atomic E-state index is 10.4. The molecule has 0 aliphatic heterocycles. The summed E-state index contributed by atoms with van der Waals surface area (Å²) in [5.74, 6) is -0.154. The molecule has 2 rings (SSSR count). The van der Waals surface area contributed by atoms with Crippen LogP contribution in [0.15, 0.2) is 59.6 Å². The molecule has 5 heteroatoms. The van der Waals surface area contributed by atoms with Crippen LogP contribution in [0.4, 0.5) is 5.69 Å². The van der Waals surface area contributed by atoms with E-state index in [2.05, 4.69) is 4.99 Å². The number of carboxylic acids is 1. The number of aliphatic carboxylic acids is 1. The lowest BCUT2D eigenvalue weighted by molar-refractivity contribution is -0.131. The number of ether oxygens (including phenoxy) is 1. The average molecular weight is 409 g/mol. The Morgan fingerprint density at radius 3 is 2.18 bits per heavy atom. The van der Waals surface area contributed by atoms with Crippen LogP contribution in [0.25, 0.3) is 6.08 Å². The summed E-state index contributed by atoms with van der Waals surface area (Å²) < 4.78 is 5.09. The van der Waals surface area contributed by atoms with E-state index in [-0.39, 0.29) is 24.0 Å². The molecule has 0 aromatic heterocycles. The first-order valence-corrected chi connectivity index (χ1v) is 6.36. The van der Waals surface area contributed by atoms with Crippen molar-refractivity contribution in [1.82, 2.24) is 0 Å². The van der Waals surface area contributed by atoms with Gasteiger partial charge in [-0.3, -0.25) is 4.99 Å². The van der Waals surface area contributed by atoms with Crippen molar-refractivity contribution in [2.45, 2.75) is 0 Å². The van der Waals surface area contributed by atoms with Crippen LogP contribution in [0.3, 0.4) is 0 Å². The zero-order chi connectivity index (χ0) is 15.1. The van der Waals surface area contributed by atoms with Crippen molar-refractivity contribution in [3.8, 4) is 5.75 Å². The fourth-order valence-corrected chi connectivity index (χ4v) is 1.68. The monoisotopic (exact) mass is 409 g/mol. The summed E-state index contributed by atoms with van der Waals surface area (Å²) in [6.07, 6.45) is 4.41. The van der Waals surface area contributed by atoms with Gasteiger partial charge in [0, 0.05) is 12.3 Å². The molecule has 0 spiro atoms. The summed E-state index contributed by atoms with van der Waals surface area (Å²) in [4.78, 5) is 14.8. The van der Waals surface area contributed by atoms with E-state index in [4.69, 9.17) is 9.84 Å². The lowest BCUT2D eigenvalue weighted by atomic mass is 10.2. The largest absolute Gasteiger partial charge is 0.497 e. The van der Waals surface area contributed by atoms with Crippen LogP contribution in [0.5, 0.6) is 5.75 Å². The topological polar surface area (TPSA) is 58.9 Å². The molecule has 2 aromatic carbocycles. The van der Waals surface area contributed by atoms with Crippen molar-refractivity contribution in [1.29, 1.82) is 0 Å². The molecule has 0 amide bonds. The van der Waals surface area contributed by atoms with E-state index in [9.17, 15) is 4.79 Å². The Hall–Kier alpha value is -2.15. The standard InChI is InChI=1S/C17H15NO3.HI/c1-21-16-9-4-14(5-10-16)12-18-15-7-2-13(3-8-15)6-11-17(19)20;/h2-12H,1H3,(H,19,20);1H. The van der Waals surface area contributed by atoms with Crippen LogP contribution in [-0.4, -0.2) is 24.4 Å². The molecular weight excluding hydrogens is 393 g/mol. The van der Waals surface area contributed by atoms with Gasteiger partial charge in [-0.1, -0.05) is 12.1 Å². The van der Waals surface area contributed by atoms with Gasteiger partial charge in [-0.25, -0.2) is 4.79 Å². The Bertz CT molecular complexity index is 661. The summed E-state index contributed by atoms with van der Waals surface area (Å²) in [6.45, 7) is 0. The number of methoxy groups -OCH3 is 1. The molecule has 0 atom stereocenters. The molecule has 0 aliphatic rings. The lowest BCUT2D eigenvalue weighted by Crippen LogP contribution is -1.85. The number of hydrogen-bond donors (Lipinski definition) is 1. The highest BCUT2D eigenvalue weighted by atomic mass is 127. The number of rotatable bonds is 5. The Labute approximate surface area is 146 Å². The number of halogens is 1. The van der Waals surface area contributed by atoms with Gasteiger partial charge in [0.05, 0.1) is 12.8 Å². The fraction of sp³-hybridized carbons (Fsp3) is 0.0588. The molecular formula is C17H16INO3. The third-order valence-electron chi connectivity index (χ3n) is 2.79. The molecule has 22 heavy (non-hydrogen) atoms. The van der Waals surface area contributed by atoms with Crippen LogP contribution in [0.1, 0.15) is 11.1 Å². The number of nitrogens with zero attached hydrogens (tertiary/aromatic N) is 1. The molecule has 114 valence electrons. The van der Waals surface area contributed by atoms with Gasteiger partial charge in [-0.2, -0.15) is 0 Å². The Morgan fingerprint density at radius 1 is 1.05 bits per heavy atom. The highest BCUT2D eigenvalue weighted by Crippen LogP contribution is 2.15. The van der Waals surface area contributed by atoms with Crippen LogP contribution >= 0.6 is 24.0 Å². The Balaban J connectivity index is 0.00000242. The maximum atomic E-state index is 10.4. The number of aliphatic imine (C=N–C) groups is 1. The third-order valence-corrected chi connectivity index (χ3v) is 2.79. The van der Waals surface area contributed by atoms with Crippen LogP contribution in [0, 0.1) is 0 Å². The lowest BCUT2D eigenvalue weighted by Gasteiger charge is -1.99. The van der Waals surface area contributed by atoms with Gasteiger partial charge in [-0.05, 0) is 53.6 Å². The molecule has 0 heterocycles. The predicted molar refractivity (Wildman–Crippen MR) is 98.8 cm³/mol. The van der Waals surface area contributed by atoms with Gasteiger partial charge in [0.2, 0.25) is 0 Å². The van der Waals surface area contributed by atoms with E-state index in [0.29, 0.717) is 0 Å². The van der Waals surface area contributed by atoms with E-state index >= 15 is 0 Å². The second-order valence-electron chi connectivity index (χ2n) is 4.29. The molecule has 4 nitrogen and oxygen atoms in total. The number of carbonyl (C=O) groups is 1. The van der Waals surface area contributed by atoms with Gasteiger partial charge < -0.3 is 9.84 Å². The van der Waals surface area contributed by atoms with Gasteiger partial charge >= 0.3 is 5.97 Å². The normalized spacial score (nSPS) is 10.6. The molecule has 2 aromatic rings. The van der Waals surface area contributed by atoms with Crippen molar-refractivity contribution in [2.24, 2.45) is 4.99 Å². The number of benzene rings is 2. The molecule has 0 aliphatic carbocycles. The van der Waals surface area contributed by atoms with Gasteiger partial charge in [0.1, 0.15) is 5.75 Å². The molecule has 0 saturated heterocycles. The number of hydrogen-bond acceptors (Lipinski definition) is 3. The molecule has 0 fully saturated rings. The Morgan fingerprint density at radius 2 is 1.64 bits per heavy atom. The minimum absolute atomic E-state index is 0. The van der Waals surface area contributed by atoms with Crippen molar-refractivity contribution >= 4 is 47.9 Å². The zero-order valence-electron chi connectivity index (χ0n) is 12.0. The second kappa shape index (κ2) is 8.99. The average Bonchev–Trinajstić information content (AvgIpc) is 2.52. The van der Waals surface area contributed by atoms with E-state index in [0.717, 1.165) is 28.6 Å². The van der Waals surface area contributed by atoms with Crippen molar-refractivity contribution in [3.05, 3.63) is 65.7 Å². The summed E-state index contributed by atoms with van der Waals surface area (Å²) >= 11 is 0. The van der Waals surface area contributed by atoms with E-state index in [1.165, 1.54) is 0 Å². The van der Waals surface area contributed by atoms with E-state index in [1.807, 2.05) is 48.5 Å². The highest BCUT2D eigenvalue weighted by Gasteiger charge is 1.93. The number of carboxylic acid groups (broad SMARTS) is 1. The first kappa shape index (κ1) is 17.9. The summed E-state index contributed by atoms with van der Waals surface area (Å²) in [5, 5.41) is 8.56. The summed E-state index contributed by atoms with van der Waals surface area (Å²) in [6, 6.07) is 14.9. The predicted octanol–water partition coefficient (Wildman–Crippen LogP) is 4.16. The molecule has 0 saturated carbocycles. The Kier molecular flexibility index (Phi) is 7.31. The van der Waals surface area contributed by atoms with E-state index < -0.39 is 5.97 Å². The van der Waals surface area contributed by atoms with Crippen molar-refractivity contribution in [2.75, 3.05) is 7.11 Å². The van der Waals surface area contributed by atoms with Crippen LogP contribution < -0.4 is 4.74 Å². The molecule has 0 bridgehead atoms. The van der Waals surface area contributed by atoms with Gasteiger partial charge in [-0.15, -0.1) is 24.0 Å². The van der Waals surface area contributed by atoms with Gasteiger partial charge in [0.25, 0.3) is 0 Å². The smallest absolute Gasteiger partial charge is 0.328 e. The molecule has 1 N–H and O–H groups in total. The zero-order valence-corrected chi connectivity index (χ0v) is 14.3. The first-order chi connectivity index (χ1) is 10.2. The minimum atomic E-state index is -0.961. The fourth-order valence-electron chi connectivity index (χ4n) is 1.68. The highest BCUT2D eigenvalue weighted by molar-refractivity contribution is 14.0. The SMILES string of the molecule is COc1ccc(C=Nc2ccc(C=CC(=O)O)cc2)cc1.I. The maximum Gasteiger partial charge on any atom is 0.328 e. The quantitative estimate of drug-likeness (QED) is 0.459. The van der Waals surface area contributed by atoms with Crippen molar-refractivity contribution in [3.63, 3.8) is 0 Å². The van der Waals surface area contributed by atoms with Crippen LogP contribution in [0.2, 0.25) is 0 Å².